The third kappa shape index (κ3) is 4.90. The van der Waals surface area contributed by atoms with E-state index >= 15 is 0 Å². The molecule has 0 spiro atoms. The Balaban J connectivity index is 1.65. The Morgan fingerprint density at radius 1 is 1.03 bits per heavy atom. The number of fused-ring (bicyclic) bond motifs is 1. The Morgan fingerprint density at radius 2 is 1.77 bits per heavy atom. The molecule has 0 radical (unpaired) electrons. The SMILES string of the molecule is CC(C)NS(=O)(=O)Nc1ccc(-c2cncc(-c3ccnc4c3OCCO4)c2)c(Cl)c1. The fraction of sp³-hybridized carbons (Fsp3) is 0.238. The molecular weight excluding hydrogens is 440 g/mol. The highest BCUT2D eigenvalue weighted by molar-refractivity contribution is 7.90. The normalized spacial score (nSPS) is 13.3. The number of aromatic nitrogens is 2. The minimum atomic E-state index is -3.68. The van der Waals surface area contributed by atoms with Gasteiger partial charge in [0.25, 0.3) is 16.1 Å². The molecule has 4 rings (SSSR count). The van der Waals surface area contributed by atoms with E-state index < -0.39 is 10.2 Å². The van der Waals surface area contributed by atoms with Gasteiger partial charge in [-0.1, -0.05) is 17.7 Å². The molecule has 0 aliphatic carbocycles. The second-order valence-corrected chi connectivity index (χ2v) is 9.08. The quantitative estimate of drug-likeness (QED) is 0.578. The molecule has 31 heavy (non-hydrogen) atoms. The molecule has 0 fully saturated rings. The van der Waals surface area contributed by atoms with Crippen LogP contribution in [0.15, 0.2) is 48.9 Å². The van der Waals surface area contributed by atoms with E-state index in [0.29, 0.717) is 35.6 Å². The van der Waals surface area contributed by atoms with Gasteiger partial charge in [0, 0.05) is 46.9 Å². The van der Waals surface area contributed by atoms with Crippen LogP contribution in [-0.2, 0) is 10.2 Å². The minimum absolute atomic E-state index is 0.227. The first-order valence-electron chi connectivity index (χ1n) is 9.62. The summed E-state index contributed by atoms with van der Waals surface area (Å²) in [5, 5.41) is 0.389. The van der Waals surface area contributed by atoms with Gasteiger partial charge in [0.2, 0.25) is 0 Å². The predicted octanol–water partition coefficient (Wildman–Crippen LogP) is 3.89. The summed E-state index contributed by atoms with van der Waals surface area (Å²) in [6, 6.07) is 8.52. The lowest BCUT2D eigenvalue weighted by Gasteiger charge is -2.20. The molecule has 0 saturated heterocycles. The van der Waals surface area contributed by atoms with Crippen molar-refractivity contribution in [2.45, 2.75) is 19.9 Å². The number of benzene rings is 1. The van der Waals surface area contributed by atoms with Gasteiger partial charge in [-0.15, -0.1) is 0 Å². The summed E-state index contributed by atoms with van der Waals surface area (Å²) < 4.78 is 40.4. The van der Waals surface area contributed by atoms with E-state index in [0.717, 1.165) is 22.3 Å². The molecule has 0 unspecified atom stereocenters. The third-order valence-electron chi connectivity index (χ3n) is 4.41. The van der Waals surface area contributed by atoms with E-state index in [1.54, 1.807) is 50.6 Å². The molecule has 3 heterocycles. The number of hydrogen-bond donors (Lipinski definition) is 2. The maximum atomic E-state index is 12.1. The van der Waals surface area contributed by atoms with Crippen molar-refractivity contribution in [1.29, 1.82) is 0 Å². The largest absolute Gasteiger partial charge is 0.484 e. The molecule has 8 nitrogen and oxygen atoms in total. The monoisotopic (exact) mass is 460 g/mol. The standard InChI is InChI=1S/C21H21ClN4O4S/c1-13(2)25-31(27,28)26-16-3-4-17(19(22)10-16)14-9-15(12-23-11-14)18-5-6-24-21-20(18)29-7-8-30-21/h3-6,9-13,25-26H,7-8H2,1-2H3. The molecule has 162 valence electrons. The highest BCUT2D eigenvalue weighted by Crippen LogP contribution is 2.39. The van der Waals surface area contributed by atoms with E-state index in [1.165, 1.54) is 0 Å². The van der Waals surface area contributed by atoms with Crippen LogP contribution in [-0.4, -0.2) is 37.6 Å². The number of anilines is 1. The van der Waals surface area contributed by atoms with Crippen LogP contribution in [0.25, 0.3) is 22.3 Å². The van der Waals surface area contributed by atoms with Crippen molar-refractivity contribution in [3.8, 4) is 33.9 Å². The van der Waals surface area contributed by atoms with Gasteiger partial charge >= 0.3 is 0 Å². The zero-order chi connectivity index (χ0) is 22.0. The van der Waals surface area contributed by atoms with Gasteiger partial charge in [0.05, 0.1) is 10.7 Å². The van der Waals surface area contributed by atoms with Crippen LogP contribution in [0.2, 0.25) is 5.02 Å². The van der Waals surface area contributed by atoms with Crippen molar-refractivity contribution in [3.05, 3.63) is 53.9 Å². The number of hydrogen-bond acceptors (Lipinski definition) is 6. The predicted molar refractivity (Wildman–Crippen MR) is 120 cm³/mol. The zero-order valence-corrected chi connectivity index (χ0v) is 18.5. The van der Waals surface area contributed by atoms with Crippen LogP contribution in [0.5, 0.6) is 11.6 Å². The summed E-state index contributed by atoms with van der Waals surface area (Å²) in [6.45, 7) is 4.40. The fourth-order valence-electron chi connectivity index (χ4n) is 3.22. The summed E-state index contributed by atoms with van der Waals surface area (Å²) in [7, 11) is -3.68. The average Bonchev–Trinajstić information content (AvgIpc) is 2.72. The molecule has 2 aromatic heterocycles. The van der Waals surface area contributed by atoms with Crippen molar-refractivity contribution in [2.75, 3.05) is 17.9 Å². The van der Waals surface area contributed by atoms with Crippen LogP contribution in [0.3, 0.4) is 0 Å². The molecule has 0 saturated carbocycles. The van der Waals surface area contributed by atoms with Crippen LogP contribution in [0.1, 0.15) is 13.8 Å². The number of nitrogens with one attached hydrogen (secondary N) is 2. The molecular formula is C21H21ClN4O4S. The first-order valence-corrected chi connectivity index (χ1v) is 11.5. The van der Waals surface area contributed by atoms with Gasteiger partial charge < -0.3 is 9.47 Å². The van der Waals surface area contributed by atoms with E-state index in [9.17, 15) is 8.42 Å². The number of pyridine rings is 2. The van der Waals surface area contributed by atoms with Gasteiger partial charge in [-0.2, -0.15) is 13.1 Å². The number of halogens is 1. The van der Waals surface area contributed by atoms with Crippen molar-refractivity contribution in [2.24, 2.45) is 0 Å². The molecule has 1 aromatic carbocycles. The lowest BCUT2D eigenvalue weighted by Crippen LogP contribution is -2.35. The summed E-state index contributed by atoms with van der Waals surface area (Å²) in [6.07, 6.45) is 5.08. The molecule has 3 aromatic rings. The molecule has 0 amide bonds. The van der Waals surface area contributed by atoms with Crippen molar-refractivity contribution < 1.29 is 17.9 Å². The van der Waals surface area contributed by atoms with Crippen LogP contribution in [0, 0.1) is 0 Å². The molecule has 0 atom stereocenters. The van der Waals surface area contributed by atoms with Gasteiger partial charge in [-0.05, 0) is 38.1 Å². The van der Waals surface area contributed by atoms with E-state index in [1.807, 2.05) is 12.1 Å². The van der Waals surface area contributed by atoms with Crippen molar-refractivity contribution in [3.63, 3.8) is 0 Å². The summed E-state index contributed by atoms with van der Waals surface area (Å²) in [5.74, 6) is 1.04. The molecule has 0 bridgehead atoms. The van der Waals surface area contributed by atoms with Crippen molar-refractivity contribution >= 4 is 27.5 Å². The van der Waals surface area contributed by atoms with Gasteiger partial charge in [0.1, 0.15) is 13.2 Å². The second-order valence-electron chi connectivity index (χ2n) is 7.22. The third-order valence-corrected chi connectivity index (χ3v) is 6.01. The number of ether oxygens (including phenoxy) is 2. The summed E-state index contributed by atoms with van der Waals surface area (Å²) in [4.78, 5) is 8.55. The van der Waals surface area contributed by atoms with Gasteiger partial charge in [-0.25, -0.2) is 4.98 Å². The Bertz CT molecular complexity index is 1220. The topological polar surface area (TPSA) is 102 Å². The molecule has 1 aliphatic rings. The lowest BCUT2D eigenvalue weighted by molar-refractivity contribution is 0.165. The summed E-state index contributed by atoms with van der Waals surface area (Å²) in [5.41, 5.74) is 3.50. The zero-order valence-electron chi connectivity index (χ0n) is 16.9. The fourth-order valence-corrected chi connectivity index (χ4v) is 4.63. The summed E-state index contributed by atoms with van der Waals surface area (Å²) >= 11 is 6.47. The minimum Gasteiger partial charge on any atom is -0.484 e. The average molecular weight is 461 g/mol. The molecule has 1 aliphatic heterocycles. The van der Waals surface area contributed by atoms with E-state index in [-0.39, 0.29) is 6.04 Å². The van der Waals surface area contributed by atoms with Crippen LogP contribution < -0.4 is 18.9 Å². The van der Waals surface area contributed by atoms with Crippen molar-refractivity contribution in [1.82, 2.24) is 14.7 Å². The Hall–Kier alpha value is -2.88. The molecule has 2 N–H and O–H groups in total. The first kappa shape index (κ1) is 21.4. The van der Waals surface area contributed by atoms with Gasteiger partial charge in [-0.3, -0.25) is 9.71 Å². The van der Waals surface area contributed by atoms with E-state index in [4.69, 9.17) is 21.1 Å². The Morgan fingerprint density at radius 3 is 2.52 bits per heavy atom. The number of nitrogens with zero attached hydrogens (tertiary/aromatic N) is 2. The Kier molecular flexibility index (Phi) is 5.99. The first-order chi connectivity index (χ1) is 14.8. The maximum Gasteiger partial charge on any atom is 0.299 e. The Labute approximate surface area is 185 Å². The van der Waals surface area contributed by atoms with Crippen LogP contribution >= 0.6 is 11.6 Å². The van der Waals surface area contributed by atoms with E-state index in [2.05, 4.69) is 19.4 Å². The lowest BCUT2D eigenvalue weighted by atomic mass is 10.0. The second kappa shape index (κ2) is 8.70. The maximum absolute atomic E-state index is 12.1. The number of rotatable bonds is 6. The highest BCUT2D eigenvalue weighted by atomic mass is 35.5. The molecule has 10 heteroatoms. The smallest absolute Gasteiger partial charge is 0.299 e. The van der Waals surface area contributed by atoms with Gasteiger partial charge in [0.15, 0.2) is 5.75 Å². The highest BCUT2D eigenvalue weighted by Gasteiger charge is 2.19. The van der Waals surface area contributed by atoms with Crippen LogP contribution in [0.4, 0.5) is 5.69 Å².